The molecule has 1 saturated heterocycles. The lowest BCUT2D eigenvalue weighted by molar-refractivity contribution is 0.00582. The van der Waals surface area contributed by atoms with E-state index in [1.54, 1.807) is 0 Å². The maximum Gasteiger partial charge on any atom is 0.123 e. The third kappa shape index (κ3) is 3.13. The number of benzene rings is 1. The minimum atomic E-state index is 0.306. The van der Waals surface area contributed by atoms with Crippen molar-refractivity contribution in [2.24, 2.45) is 5.41 Å². The minimum Gasteiger partial charge on any atom is -0.492 e. The Morgan fingerprint density at radius 3 is 2.75 bits per heavy atom. The summed E-state index contributed by atoms with van der Waals surface area (Å²) in [5, 5.41) is 0. The third-order valence-electron chi connectivity index (χ3n) is 4.48. The second-order valence-corrected chi connectivity index (χ2v) is 6.25. The van der Waals surface area contributed by atoms with Crippen molar-refractivity contribution in [1.82, 2.24) is 4.90 Å². The van der Waals surface area contributed by atoms with Crippen LogP contribution in [0.25, 0.3) is 0 Å². The van der Waals surface area contributed by atoms with Crippen molar-refractivity contribution in [3.63, 3.8) is 0 Å². The van der Waals surface area contributed by atoms with Crippen LogP contribution in [0.3, 0.4) is 0 Å². The lowest BCUT2D eigenvalue weighted by Crippen LogP contribution is -2.43. The molecule has 0 atom stereocenters. The van der Waals surface area contributed by atoms with Gasteiger partial charge in [0.15, 0.2) is 0 Å². The molecule has 0 bridgehead atoms. The Morgan fingerprint density at radius 2 is 1.95 bits per heavy atom. The molecule has 20 heavy (non-hydrogen) atoms. The Morgan fingerprint density at radius 1 is 1.15 bits per heavy atom. The fraction of sp³-hybridized carbons (Fsp3) is 0.625. The van der Waals surface area contributed by atoms with Crippen LogP contribution in [-0.4, -0.2) is 43.6 Å². The molecule has 0 amide bonds. The fourth-order valence-electron chi connectivity index (χ4n) is 3.16. The van der Waals surface area contributed by atoms with Crippen LogP contribution in [0.1, 0.15) is 18.4 Å². The molecule has 0 N–H and O–H groups in total. The maximum atomic E-state index is 5.85. The first-order chi connectivity index (χ1) is 9.81. The van der Waals surface area contributed by atoms with Gasteiger partial charge in [-0.05, 0) is 30.1 Å². The molecule has 3 nitrogen and oxygen atoms in total. The average Bonchev–Trinajstić information content (AvgIpc) is 2.69. The number of hydrogen-bond donors (Lipinski definition) is 1. The standard InChI is InChI=1S/C16H23NO2S/c20-13-16(5-8-18-9-6-16)12-17-7-10-19-15-4-2-1-3-14(15)11-17/h1-4,20H,5-13H2. The smallest absolute Gasteiger partial charge is 0.123 e. The number of fused-ring (bicyclic) bond motifs is 1. The summed E-state index contributed by atoms with van der Waals surface area (Å²) in [5.41, 5.74) is 1.60. The lowest BCUT2D eigenvalue weighted by Gasteiger charge is -2.39. The first-order valence-electron chi connectivity index (χ1n) is 7.43. The maximum absolute atomic E-state index is 5.85. The molecule has 2 aliphatic heterocycles. The van der Waals surface area contributed by atoms with Crippen molar-refractivity contribution >= 4 is 12.6 Å². The van der Waals surface area contributed by atoms with Gasteiger partial charge >= 0.3 is 0 Å². The number of para-hydroxylation sites is 1. The summed E-state index contributed by atoms with van der Waals surface area (Å²) in [6, 6.07) is 8.38. The number of hydrogen-bond acceptors (Lipinski definition) is 4. The third-order valence-corrected chi connectivity index (χ3v) is 5.15. The van der Waals surface area contributed by atoms with Gasteiger partial charge in [0.2, 0.25) is 0 Å². The Balaban J connectivity index is 1.71. The van der Waals surface area contributed by atoms with E-state index in [0.29, 0.717) is 5.41 Å². The van der Waals surface area contributed by atoms with Gasteiger partial charge in [-0.1, -0.05) is 18.2 Å². The monoisotopic (exact) mass is 293 g/mol. The van der Waals surface area contributed by atoms with Crippen molar-refractivity contribution in [3.05, 3.63) is 29.8 Å². The van der Waals surface area contributed by atoms with Gasteiger partial charge in [-0.25, -0.2) is 0 Å². The Labute approximate surface area is 126 Å². The van der Waals surface area contributed by atoms with Gasteiger partial charge in [-0.3, -0.25) is 4.90 Å². The largest absolute Gasteiger partial charge is 0.492 e. The van der Waals surface area contributed by atoms with Crippen molar-refractivity contribution in [1.29, 1.82) is 0 Å². The molecule has 3 rings (SSSR count). The Bertz CT molecular complexity index is 446. The number of rotatable bonds is 3. The van der Waals surface area contributed by atoms with Crippen LogP contribution in [0, 0.1) is 5.41 Å². The van der Waals surface area contributed by atoms with Gasteiger partial charge in [0, 0.05) is 38.4 Å². The highest BCUT2D eigenvalue weighted by atomic mass is 32.1. The molecule has 1 aromatic carbocycles. The summed E-state index contributed by atoms with van der Waals surface area (Å²) in [7, 11) is 0. The van der Waals surface area contributed by atoms with Crippen LogP contribution >= 0.6 is 12.6 Å². The summed E-state index contributed by atoms with van der Waals surface area (Å²) < 4.78 is 11.4. The van der Waals surface area contributed by atoms with Gasteiger partial charge < -0.3 is 9.47 Å². The predicted octanol–water partition coefficient (Wildman–Crippen LogP) is 2.61. The molecule has 0 aromatic heterocycles. The molecule has 4 heteroatoms. The molecule has 1 fully saturated rings. The SMILES string of the molecule is SCC1(CN2CCOc3ccccc3C2)CCOCC1. The second kappa shape index (κ2) is 6.37. The van der Waals surface area contributed by atoms with Crippen molar-refractivity contribution in [2.75, 3.05) is 38.7 Å². The summed E-state index contributed by atoms with van der Waals surface area (Å²) in [6.07, 6.45) is 2.24. The second-order valence-electron chi connectivity index (χ2n) is 5.94. The van der Waals surface area contributed by atoms with E-state index in [1.807, 2.05) is 6.07 Å². The van der Waals surface area contributed by atoms with Crippen LogP contribution < -0.4 is 4.74 Å². The molecule has 0 spiro atoms. The van der Waals surface area contributed by atoms with Crippen LogP contribution in [-0.2, 0) is 11.3 Å². The van der Waals surface area contributed by atoms with Crippen LogP contribution in [0.15, 0.2) is 24.3 Å². The zero-order chi connectivity index (χ0) is 13.8. The number of thiol groups is 1. The molecule has 0 aliphatic carbocycles. The van der Waals surface area contributed by atoms with E-state index in [9.17, 15) is 0 Å². The number of nitrogens with zero attached hydrogens (tertiary/aromatic N) is 1. The minimum absolute atomic E-state index is 0.306. The van der Waals surface area contributed by atoms with Crippen LogP contribution in [0.2, 0.25) is 0 Å². The van der Waals surface area contributed by atoms with Gasteiger partial charge in [-0.2, -0.15) is 12.6 Å². The normalized spacial score (nSPS) is 22.6. The molecule has 1 aromatic rings. The molecule has 110 valence electrons. The molecule has 0 radical (unpaired) electrons. The molecule has 2 heterocycles. The quantitative estimate of drug-likeness (QED) is 0.866. The first kappa shape index (κ1) is 14.2. The zero-order valence-corrected chi connectivity index (χ0v) is 12.8. The molecular formula is C16H23NO2S. The lowest BCUT2D eigenvalue weighted by atomic mass is 9.81. The van der Waals surface area contributed by atoms with Gasteiger partial charge in [0.05, 0.1) is 0 Å². The van der Waals surface area contributed by atoms with E-state index in [0.717, 1.165) is 63.8 Å². The van der Waals surface area contributed by atoms with E-state index in [2.05, 4.69) is 35.7 Å². The van der Waals surface area contributed by atoms with Gasteiger partial charge in [0.25, 0.3) is 0 Å². The Kier molecular flexibility index (Phi) is 4.54. The highest BCUT2D eigenvalue weighted by Crippen LogP contribution is 2.34. The van der Waals surface area contributed by atoms with Crippen molar-refractivity contribution in [2.45, 2.75) is 19.4 Å². The molecule has 0 saturated carbocycles. The zero-order valence-electron chi connectivity index (χ0n) is 11.9. The van der Waals surface area contributed by atoms with Crippen molar-refractivity contribution < 1.29 is 9.47 Å². The number of ether oxygens (including phenoxy) is 2. The van der Waals surface area contributed by atoms with E-state index >= 15 is 0 Å². The van der Waals surface area contributed by atoms with Crippen LogP contribution in [0.4, 0.5) is 0 Å². The van der Waals surface area contributed by atoms with E-state index in [4.69, 9.17) is 9.47 Å². The fourth-order valence-corrected chi connectivity index (χ4v) is 3.58. The highest BCUT2D eigenvalue weighted by molar-refractivity contribution is 7.80. The van der Waals surface area contributed by atoms with Crippen molar-refractivity contribution in [3.8, 4) is 5.75 Å². The predicted molar refractivity (Wildman–Crippen MR) is 83.6 cm³/mol. The summed E-state index contributed by atoms with van der Waals surface area (Å²) in [6.45, 7) is 5.59. The summed E-state index contributed by atoms with van der Waals surface area (Å²) >= 11 is 4.62. The molecule has 0 unspecified atom stereocenters. The van der Waals surface area contributed by atoms with Gasteiger partial charge in [0.1, 0.15) is 12.4 Å². The Hall–Kier alpha value is -0.710. The highest BCUT2D eigenvalue weighted by Gasteiger charge is 2.33. The average molecular weight is 293 g/mol. The van der Waals surface area contributed by atoms with Crippen LogP contribution in [0.5, 0.6) is 5.75 Å². The van der Waals surface area contributed by atoms with E-state index in [1.165, 1.54) is 5.56 Å². The topological polar surface area (TPSA) is 21.7 Å². The van der Waals surface area contributed by atoms with E-state index in [-0.39, 0.29) is 0 Å². The first-order valence-corrected chi connectivity index (χ1v) is 8.06. The summed E-state index contributed by atoms with van der Waals surface area (Å²) in [4.78, 5) is 2.52. The van der Waals surface area contributed by atoms with Gasteiger partial charge in [-0.15, -0.1) is 0 Å². The van der Waals surface area contributed by atoms with E-state index < -0.39 is 0 Å². The molecular weight excluding hydrogens is 270 g/mol. The summed E-state index contributed by atoms with van der Waals surface area (Å²) in [5.74, 6) is 1.98. The molecule has 2 aliphatic rings.